The molecule has 2 unspecified atom stereocenters. The third kappa shape index (κ3) is 5.97. The predicted octanol–water partition coefficient (Wildman–Crippen LogP) is -1.31. The number of carbonyl (C=O) groups excluding carboxylic acids is 1. The SMILES string of the molecule is CC(NC(=O)NC(CC(=O)O)C(=O)O)C(=O)O. The van der Waals surface area contributed by atoms with E-state index in [1.54, 1.807) is 0 Å². The van der Waals surface area contributed by atoms with Crippen molar-refractivity contribution in [3.63, 3.8) is 0 Å². The first kappa shape index (κ1) is 14.7. The third-order valence-corrected chi connectivity index (χ3v) is 1.70. The molecule has 17 heavy (non-hydrogen) atoms. The van der Waals surface area contributed by atoms with E-state index in [2.05, 4.69) is 0 Å². The monoisotopic (exact) mass is 248 g/mol. The normalized spacial score (nSPS) is 13.2. The Morgan fingerprint density at radius 3 is 1.88 bits per heavy atom. The first-order valence-corrected chi connectivity index (χ1v) is 4.48. The van der Waals surface area contributed by atoms with Crippen molar-refractivity contribution in [1.29, 1.82) is 0 Å². The fourth-order valence-corrected chi connectivity index (χ4v) is 0.833. The molecule has 0 aromatic carbocycles. The predicted molar refractivity (Wildman–Crippen MR) is 52.4 cm³/mol. The highest BCUT2D eigenvalue weighted by Gasteiger charge is 2.24. The molecule has 0 saturated heterocycles. The lowest BCUT2D eigenvalue weighted by molar-refractivity contribution is -0.145. The molecule has 0 spiro atoms. The number of carbonyl (C=O) groups is 4. The van der Waals surface area contributed by atoms with Gasteiger partial charge >= 0.3 is 23.9 Å². The smallest absolute Gasteiger partial charge is 0.326 e. The van der Waals surface area contributed by atoms with Crippen molar-refractivity contribution in [3.8, 4) is 0 Å². The molecule has 0 fully saturated rings. The van der Waals surface area contributed by atoms with E-state index in [0.717, 1.165) is 0 Å². The average Bonchev–Trinajstić information content (AvgIpc) is 2.15. The maximum absolute atomic E-state index is 11.1. The van der Waals surface area contributed by atoms with Crippen LogP contribution in [-0.2, 0) is 14.4 Å². The maximum Gasteiger partial charge on any atom is 0.326 e. The van der Waals surface area contributed by atoms with Crippen LogP contribution in [0.15, 0.2) is 0 Å². The van der Waals surface area contributed by atoms with E-state index in [9.17, 15) is 19.2 Å². The molecule has 0 saturated carbocycles. The van der Waals surface area contributed by atoms with Crippen LogP contribution in [0.5, 0.6) is 0 Å². The molecule has 96 valence electrons. The molecule has 0 radical (unpaired) electrons. The molecule has 0 aliphatic heterocycles. The van der Waals surface area contributed by atoms with E-state index in [4.69, 9.17) is 15.3 Å². The fourth-order valence-electron chi connectivity index (χ4n) is 0.833. The van der Waals surface area contributed by atoms with Gasteiger partial charge in [-0.15, -0.1) is 0 Å². The van der Waals surface area contributed by atoms with E-state index in [1.165, 1.54) is 6.92 Å². The fraction of sp³-hybridized carbons (Fsp3) is 0.500. The van der Waals surface area contributed by atoms with Gasteiger partial charge in [0, 0.05) is 0 Å². The Morgan fingerprint density at radius 1 is 1.00 bits per heavy atom. The lowest BCUT2D eigenvalue weighted by Crippen LogP contribution is -2.50. The second kappa shape index (κ2) is 6.30. The van der Waals surface area contributed by atoms with Crippen LogP contribution in [0.4, 0.5) is 4.79 Å². The standard InChI is InChI=1S/C8H12N2O7/c1-3(6(13)14)9-8(17)10-4(7(15)16)2-5(11)12/h3-4H,2H2,1H3,(H,11,12)(H,13,14)(H,15,16)(H2,9,10,17). The van der Waals surface area contributed by atoms with Crippen LogP contribution in [0.25, 0.3) is 0 Å². The summed E-state index contributed by atoms with van der Waals surface area (Å²) in [4.78, 5) is 42.4. The summed E-state index contributed by atoms with van der Waals surface area (Å²) in [6.07, 6.45) is -0.801. The summed E-state index contributed by atoms with van der Waals surface area (Å²) in [7, 11) is 0. The van der Waals surface area contributed by atoms with Crippen molar-refractivity contribution in [2.75, 3.05) is 0 Å². The third-order valence-electron chi connectivity index (χ3n) is 1.70. The molecule has 2 atom stereocenters. The zero-order valence-electron chi connectivity index (χ0n) is 8.84. The second-order valence-corrected chi connectivity index (χ2v) is 3.17. The summed E-state index contributed by atoms with van der Waals surface area (Å²) in [5.74, 6) is -4.22. The van der Waals surface area contributed by atoms with E-state index >= 15 is 0 Å². The van der Waals surface area contributed by atoms with E-state index in [1.807, 2.05) is 10.6 Å². The lowest BCUT2D eigenvalue weighted by atomic mass is 10.2. The Balaban J connectivity index is 4.36. The highest BCUT2D eigenvalue weighted by Crippen LogP contribution is 1.93. The second-order valence-electron chi connectivity index (χ2n) is 3.17. The van der Waals surface area contributed by atoms with Crippen molar-refractivity contribution < 1.29 is 34.5 Å². The first-order valence-electron chi connectivity index (χ1n) is 4.48. The van der Waals surface area contributed by atoms with Gasteiger partial charge < -0.3 is 26.0 Å². The van der Waals surface area contributed by atoms with Crippen LogP contribution >= 0.6 is 0 Å². The molecule has 0 aliphatic rings. The quantitative estimate of drug-likeness (QED) is 0.391. The van der Waals surface area contributed by atoms with Crippen molar-refractivity contribution in [2.24, 2.45) is 0 Å². The number of rotatable bonds is 6. The van der Waals surface area contributed by atoms with Crippen molar-refractivity contribution in [1.82, 2.24) is 10.6 Å². The topological polar surface area (TPSA) is 153 Å². The Bertz CT molecular complexity index is 341. The van der Waals surface area contributed by atoms with Gasteiger partial charge in [-0.25, -0.2) is 9.59 Å². The molecule has 0 aromatic rings. The molecule has 5 N–H and O–H groups in total. The van der Waals surface area contributed by atoms with Gasteiger partial charge in [-0.1, -0.05) is 0 Å². The van der Waals surface area contributed by atoms with Gasteiger partial charge in [-0.3, -0.25) is 9.59 Å². The van der Waals surface area contributed by atoms with E-state index in [-0.39, 0.29) is 0 Å². The van der Waals surface area contributed by atoms with E-state index in [0.29, 0.717) is 0 Å². The highest BCUT2D eigenvalue weighted by molar-refractivity contribution is 5.88. The van der Waals surface area contributed by atoms with Gasteiger partial charge in [0.25, 0.3) is 0 Å². The Hall–Kier alpha value is -2.32. The number of hydrogen-bond acceptors (Lipinski definition) is 4. The van der Waals surface area contributed by atoms with Crippen LogP contribution in [0.3, 0.4) is 0 Å². The number of carboxylic acid groups (broad SMARTS) is 3. The van der Waals surface area contributed by atoms with Gasteiger partial charge in [0.1, 0.15) is 12.1 Å². The summed E-state index contributed by atoms with van der Waals surface area (Å²) >= 11 is 0. The number of amides is 2. The van der Waals surface area contributed by atoms with Gasteiger partial charge in [0.15, 0.2) is 0 Å². The van der Waals surface area contributed by atoms with Crippen LogP contribution in [0, 0.1) is 0 Å². The van der Waals surface area contributed by atoms with Crippen LogP contribution < -0.4 is 10.6 Å². The molecule has 0 bridgehead atoms. The van der Waals surface area contributed by atoms with Gasteiger partial charge in [0.2, 0.25) is 0 Å². The van der Waals surface area contributed by atoms with Gasteiger partial charge in [0.05, 0.1) is 6.42 Å². The minimum absolute atomic E-state index is 0.801. The summed E-state index contributed by atoms with van der Waals surface area (Å²) in [5, 5.41) is 29.2. The number of urea groups is 1. The minimum Gasteiger partial charge on any atom is -0.481 e. The van der Waals surface area contributed by atoms with E-state index < -0.39 is 42.4 Å². The van der Waals surface area contributed by atoms with Crippen molar-refractivity contribution in [3.05, 3.63) is 0 Å². The minimum atomic E-state index is -1.62. The number of carboxylic acids is 3. The summed E-state index contributed by atoms with van der Waals surface area (Å²) in [6.45, 7) is 1.18. The number of nitrogens with one attached hydrogen (secondary N) is 2. The first-order chi connectivity index (χ1) is 7.73. The zero-order valence-corrected chi connectivity index (χ0v) is 8.84. The molecule has 0 aromatic heterocycles. The van der Waals surface area contributed by atoms with Gasteiger partial charge in [-0.2, -0.15) is 0 Å². The molecule has 2 amide bonds. The zero-order chi connectivity index (χ0) is 13.6. The van der Waals surface area contributed by atoms with Crippen LogP contribution in [0.1, 0.15) is 13.3 Å². The van der Waals surface area contributed by atoms with Crippen molar-refractivity contribution >= 4 is 23.9 Å². The van der Waals surface area contributed by atoms with Crippen molar-refractivity contribution in [2.45, 2.75) is 25.4 Å². The molecule has 9 nitrogen and oxygen atoms in total. The Morgan fingerprint density at radius 2 is 1.53 bits per heavy atom. The maximum atomic E-state index is 11.1. The summed E-state index contributed by atoms with van der Waals surface area (Å²) < 4.78 is 0. The molecule has 0 rings (SSSR count). The van der Waals surface area contributed by atoms with Gasteiger partial charge in [-0.05, 0) is 6.92 Å². The molecule has 0 heterocycles. The largest absolute Gasteiger partial charge is 0.481 e. The highest BCUT2D eigenvalue weighted by atomic mass is 16.4. The molecular weight excluding hydrogens is 236 g/mol. The molecule has 0 aliphatic carbocycles. The molecular formula is C8H12N2O7. The Labute approximate surface area is 95.4 Å². The lowest BCUT2D eigenvalue weighted by Gasteiger charge is -2.14. The molecule has 9 heteroatoms. The van der Waals surface area contributed by atoms with Crippen LogP contribution in [0.2, 0.25) is 0 Å². The summed E-state index contributed by atoms with van der Waals surface area (Å²) in [6, 6.07) is -3.89. The summed E-state index contributed by atoms with van der Waals surface area (Å²) in [5.41, 5.74) is 0. The number of aliphatic carboxylic acids is 3. The number of hydrogen-bond donors (Lipinski definition) is 5. The average molecular weight is 248 g/mol. The Kier molecular flexibility index (Phi) is 5.44. The van der Waals surface area contributed by atoms with Crippen LogP contribution in [-0.4, -0.2) is 51.3 Å².